The number of aromatic nitrogens is 1. The van der Waals surface area contributed by atoms with Gasteiger partial charge >= 0.3 is 0 Å². The number of nitrogens with zero attached hydrogens (tertiary/aromatic N) is 1. The van der Waals surface area contributed by atoms with Crippen molar-refractivity contribution < 1.29 is 9.21 Å². The van der Waals surface area contributed by atoms with Gasteiger partial charge in [0.2, 0.25) is 5.91 Å². The van der Waals surface area contributed by atoms with Crippen LogP contribution < -0.4 is 10.6 Å². The summed E-state index contributed by atoms with van der Waals surface area (Å²) in [4.78, 5) is 17.0. The van der Waals surface area contributed by atoms with Crippen LogP contribution in [0.25, 0.3) is 38.2 Å². The number of thiazole rings is 1. The summed E-state index contributed by atoms with van der Waals surface area (Å²) in [6.07, 6.45) is 3.01. The molecule has 0 unspecified atom stereocenters. The first kappa shape index (κ1) is 22.7. The number of aryl methyl sites for hydroxylation is 1. The molecule has 0 bridgehead atoms. The Bertz CT molecular complexity index is 1520. The molecule has 5 rings (SSSR count). The van der Waals surface area contributed by atoms with Gasteiger partial charge in [0.25, 0.3) is 0 Å². The van der Waals surface area contributed by atoms with E-state index in [4.69, 9.17) is 21.6 Å². The third-order valence-electron chi connectivity index (χ3n) is 5.34. The van der Waals surface area contributed by atoms with Crippen molar-refractivity contribution in [2.45, 2.75) is 6.92 Å². The molecule has 0 saturated heterocycles. The number of anilines is 1. The van der Waals surface area contributed by atoms with Crippen molar-refractivity contribution in [2.75, 3.05) is 5.32 Å². The zero-order valence-corrected chi connectivity index (χ0v) is 20.5. The van der Waals surface area contributed by atoms with E-state index >= 15 is 0 Å². The first-order chi connectivity index (χ1) is 17.0. The quantitative estimate of drug-likeness (QED) is 0.202. The number of thiocarbonyl (C=S) groups is 1. The number of hydrogen-bond donors (Lipinski definition) is 2. The second kappa shape index (κ2) is 10.0. The molecule has 172 valence electrons. The van der Waals surface area contributed by atoms with Crippen LogP contribution >= 0.6 is 23.6 Å². The number of fused-ring (bicyclic) bond motifs is 1. The summed E-state index contributed by atoms with van der Waals surface area (Å²) in [5, 5.41) is 6.96. The first-order valence-corrected chi connectivity index (χ1v) is 12.2. The summed E-state index contributed by atoms with van der Waals surface area (Å²) < 4.78 is 6.94. The van der Waals surface area contributed by atoms with Crippen LogP contribution in [0.4, 0.5) is 5.69 Å². The zero-order valence-electron chi connectivity index (χ0n) is 18.8. The van der Waals surface area contributed by atoms with Crippen LogP contribution in [0.1, 0.15) is 11.3 Å². The molecule has 3 aromatic carbocycles. The van der Waals surface area contributed by atoms with E-state index in [-0.39, 0.29) is 11.0 Å². The normalized spacial score (nSPS) is 11.1. The van der Waals surface area contributed by atoms with Crippen LogP contribution in [0.2, 0.25) is 0 Å². The molecule has 1 amide bonds. The van der Waals surface area contributed by atoms with Crippen molar-refractivity contribution in [3.8, 4) is 21.9 Å². The Labute approximate surface area is 212 Å². The Morgan fingerprint density at radius 1 is 0.971 bits per heavy atom. The van der Waals surface area contributed by atoms with Crippen molar-refractivity contribution in [3.63, 3.8) is 0 Å². The minimum Gasteiger partial charge on any atom is -0.457 e. The molecule has 5 nitrogen and oxygen atoms in total. The number of nitrogens with one attached hydrogen (secondary N) is 2. The molecule has 2 aromatic heterocycles. The number of hydrogen-bond acceptors (Lipinski definition) is 5. The van der Waals surface area contributed by atoms with Crippen molar-refractivity contribution in [3.05, 3.63) is 102 Å². The minimum atomic E-state index is -0.344. The fraction of sp³-hybridized carbons (Fsp3) is 0.0357. The maximum absolute atomic E-state index is 12.3. The number of carbonyl (C=O) groups excluding carboxylic acids is 1. The van der Waals surface area contributed by atoms with Gasteiger partial charge in [-0.15, -0.1) is 11.3 Å². The average Bonchev–Trinajstić information content (AvgIpc) is 3.52. The summed E-state index contributed by atoms with van der Waals surface area (Å²) in [5.41, 5.74) is 4.84. The molecule has 0 aliphatic heterocycles. The van der Waals surface area contributed by atoms with Crippen molar-refractivity contribution in [1.82, 2.24) is 10.3 Å². The Morgan fingerprint density at radius 3 is 2.57 bits per heavy atom. The Balaban J connectivity index is 1.20. The fourth-order valence-corrected chi connectivity index (χ4v) is 4.77. The van der Waals surface area contributed by atoms with Gasteiger partial charge in [-0.1, -0.05) is 42.5 Å². The third-order valence-corrected chi connectivity index (χ3v) is 6.63. The highest BCUT2D eigenvalue weighted by Crippen LogP contribution is 2.32. The second-order valence-electron chi connectivity index (χ2n) is 7.86. The van der Waals surface area contributed by atoms with Crippen LogP contribution in [0, 0.1) is 6.92 Å². The van der Waals surface area contributed by atoms with Crippen LogP contribution in [-0.4, -0.2) is 16.0 Å². The topological polar surface area (TPSA) is 67.2 Å². The predicted octanol–water partition coefficient (Wildman–Crippen LogP) is 7.06. The zero-order chi connectivity index (χ0) is 24.2. The van der Waals surface area contributed by atoms with Gasteiger partial charge in [0, 0.05) is 22.9 Å². The standard InChI is InChI=1S/C28H21N3O2S2/c1-18-17-20(27-29-23-9-5-6-10-25(23)35-27)11-14-22(18)30-28(34)31-26(32)16-13-21-12-15-24(33-21)19-7-3-2-4-8-19/h2-17H,1H3,(H2,30,31,32,34)/b16-13+. The van der Waals surface area contributed by atoms with E-state index in [9.17, 15) is 4.79 Å². The van der Waals surface area contributed by atoms with Gasteiger partial charge < -0.3 is 9.73 Å². The lowest BCUT2D eigenvalue weighted by molar-refractivity contribution is -0.115. The van der Waals surface area contributed by atoms with Gasteiger partial charge in [0.1, 0.15) is 16.5 Å². The Morgan fingerprint density at radius 2 is 1.77 bits per heavy atom. The molecule has 35 heavy (non-hydrogen) atoms. The number of furan rings is 1. The highest BCUT2D eigenvalue weighted by Gasteiger charge is 2.10. The number of benzene rings is 3. The largest absolute Gasteiger partial charge is 0.457 e. The smallest absolute Gasteiger partial charge is 0.250 e. The Hall–Kier alpha value is -4.07. The van der Waals surface area contributed by atoms with E-state index in [1.165, 1.54) is 6.08 Å². The predicted molar refractivity (Wildman–Crippen MR) is 147 cm³/mol. The lowest BCUT2D eigenvalue weighted by atomic mass is 10.1. The SMILES string of the molecule is Cc1cc(-c2nc3ccccc3s2)ccc1NC(=S)NC(=O)/C=C/c1ccc(-c2ccccc2)o1. The van der Waals surface area contributed by atoms with Crippen molar-refractivity contribution in [2.24, 2.45) is 0 Å². The first-order valence-electron chi connectivity index (χ1n) is 11.0. The van der Waals surface area contributed by atoms with Crippen LogP contribution in [0.5, 0.6) is 0 Å². The molecule has 0 saturated carbocycles. The van der Waals surface area contributed by atoms with Gasteiger partial charge in [-0.2, -0.15) is 0 Å². The number of amides is 1. The van der Waals surface area contributed by atoms with E-state index < -0.39 is 0 Å². The van der Waals surface area contributed by atoms with Crippen LogP contribution in [0.15, 0.2) is 95.4 Å². The van der Waals surface area contributed by atoms with E-state index in [0.717, 1.165) is 43.4 Å². The molecule has 0 spiro atoms. The number of carbonyl (C=O) groups is 1. The van der Waals surface area contributed by atoms with Gasteiger partial charge in [-0.25, -0.2) is 4.98 Å². The molecule has 0 radical (unpaired) electrons. The lowest BCUT2D eigenvalue weighted by Crippen LogP contribution is -2.33. The van der Waals surface area contributed by atoms with Crippen LogP contribution in [0.3, 0.4) is 0 Å². The summed E-state index contributed by atoms with van der Waals surface area (Å²) in [7, 11) is 0. The van der Waals surface area contributed by atoms with E-state index in [0.29, 0.717) is 5.76 Å². The van der Waals surface area contributed by atoms with Crippen molar-refractivity contribution in [1.29, 1.82) is 0 Å². The maximum Gasteiger partial charge on any atom is 0.250 e. The summed E-state index contributed by atoms with van der Waals surface area (Å²) in [6, 6.07) is 27.6. The van der Waals surface area contributed by atoms with Crippen LogP contribution in [-0.2, 0) is 4.79 Å². The van der Waals surface area contributed by atoms with E-state index in [1.54, 1.807) is 17.4 Å². The summed E-state index contributed by atoms with van der Waals surface area (Å²) in [6.45, 7) is 1.99. The van der Waals surface area contributed by atoms with Crippen molar-refractivity contribution >= 4 is 56.6 Å². The molecule has 0 aliphatic rings. The van der Waals surface area contributed by atoms with Gasteiger partial charge in [0.05, 0.1) is 10.2 Å². The molecule has 2 heterocycles. The van der Waals surface area contributed by atoms with Gasteiger partial charge in [-0.3, -0.25) is 10.1 Å². The molecule has 7 heteroatoms. The molecule has 2 N–H and O–H groups in total. The lowest BCUT2D eigenvalue weighted by Gasteiger charge is -2.11. The van der Waals surface area contributed by atoms with Gasteiger partial charge in [-0.05, 0) is 73.2 Å². The summed E-state index contributed by atoms with van der Waals surface area (Å²) in [5.74, 6) is 0.982. The Kier molecular flexibility index (Phi) is 6.52. The second-order valence-corrected chi connectivity index (χ2v) is 9.30. The number of rotatable bonds is 5. The minimum absolute atomic E-state index is 0.222. The number of para-hydroxylation sites is 1. The monoisotopic (exact) mass is 495 g/mol. The molecule has 0 aliphatic carbocycles. The molecule has 0 atom stereocenters. The van der Waals surface area contributed by atoms with Gasteiger partial charge in [0.15, 0.2) is 5.11 Å². The van der Waals surface area contributed by atoms with E-state index in [2.05, 4.69) is 22.8 Å². The molecule has 5 aromatic rings. The van der Waals surface area contributed by atoms with E-state index in [1.807, 2.05) is 79.7 Å². The average molecular weight is 496 g/mol. The molecule has 0 fully saturated rings. The highest BCUT2D eigenvalue weighted by molar-refractivity contribution is 7.80. The fourth-order valence-electron chi connectivity index (χ4n) is 3.60. The highest BCUT2D eigenvalue weighted by atomic mass is 32.1. The maximum atomic E-state index is 12.3. The third kappa shape index (κ3) is 5.37. The molecular formula is C28H21N3O2S2. The molecular weight excluding hydrogens is 474 g/mol. The summed E-state index contributed by atoms with van der Waals surface area (Å²) >= 11 is 6.99.